The van der Waals surface area contributed by atoms with Gasteiger partial charge in [-0.25, -0.2) is 4.98 Å². The molecule has 8 heteroatoms. The van der Waals surface area contributed by atoms with Crippen molar-refractivity contribution in [1.82, 2.24) is 19.9 Å². The van der Waals surface area contributed by atoms with Crippen LogP contribution in [-0.2, 0) is 6.18 Å². The van der Waals surface area contributed by atoms with Gasteiger partial charge >= 0.3 is 6.18 Å². The van der Waals surface area contributed by atoms with E-state index >= 15 is 0 Å². The van der Waals surface area contributed by atoms with Crippen molar-refractivity contribution in [2.75, 3.05) is 6.61 Å². The summed E-state index contributed by atoms with van der Waals surface area (Å²) in [5.41, 5.74) is 1.09. The van der Waals surface area contributed by atoms with E-state index in [9.17, 15) is 13.2 Å². The highest BCUT2D eigenvalue weighted by Gasteiger charge is 2.40. The fourth-order valence-corrected chi connectivity index (χ4v) is 3.05. The van der Waals surface area contributed by atoms with Crippen LogP contribution in [0, 0.1) is 12.8 Å². The Balaban J connectivity index is 1.50. The number of hydrogen-bond acceptors (Lipinski definition) is 5. The molecule has 3 aromatic rings. The molecule has 1 fully saturated rings. The standard InChI is InChI=1S/C20H17F3N4O/c1-12-25-10-16(13-5-6-18(26-9-13)20(21,22)23)19(27-12)28-11-14-8-15(14)17-4-2-3-7-24-17/h2-7,9-10,14-15H,8,11H2,1H3/t14-,15+/m1/s1. The molecule has 5 nitrogen and oxygen atoms in total. The first-order chi connectivity index (χ1) is 13.4. The quantitative estimate of drug-likeness (QED) is 0.649. The predicted molar refractivity (Wildman–Crippen MR) is 95.6 cm³/mol. The Kier molecular flexibility index (Phi) is 4.70. The second kappa shape index (κ2) is 7.18. The van der Waals surface area contributed by atoms with Crippen molar-refractivity contribution in [1.29, 1.82) is 0 Å². The van der Waals surface area contributed by atoms with Crippen LogP contribution in [0.2, 0.25) is 0 Å². The lowest BCUT2D eigenvalue weighted by atomic mass is 10.1. The maximum Gasteiger partial charge on any atom is 0.433 e. The highest BCUT2D eigenvalue weighted by atomic mass is 19.4. The van der Waals surface area contributed by atoms with Crippen molar-refractivity contribution in [2.24, 2.45) is 5.92 Å². The van der Waals surface area contributed by atoms with E-state index in [1.807, 2.05) is 18.2 Å². The third-order valence-corrected chi connectivity index (χ3v) is 4.66. The molecule has 0 N–H and O–H groups in total. The summed E-state index contributed by atoms with van der Waals surface area (Å²) in [5, 5.41) is 0. The minimum Gasteiger partial charge on any atom is -0.477 e. The largest absolute Gasteiger partial charge is 0.477 e. The smallest absolute Gasteiger partial charge is 0.433 e. The average Bonchev–Trinajstić information content (AvgIpc) is 3.46. The van der Waals surface area contributed by atoms with Gasteiger partial charge in [-0.3, -0.25) is 9.97 Å². The number of alkyl halides is 3. The lowest BCUT2D eigenvalue weighted by Crippen LogP contribution is -2.08. The Morgan fingerprint density at radius 2 is 1.93 bits per heavy atom. The second-order valence-electron chi connectivity index (χ2n) is 6.73. The van der Waals surface area contributed by atoms with Crippen molar-refractivity contribution in [3.63, 3.8) is 0 Å². The van der Waals surface area contributed by atoms with Crippen LogP contribution in [0.3, 0.4) is 0 Å². The normalized spacial score (nSPS) is 18.7. The number of ether oxygens (including phenoxy) is 1. The molecular formula is C20H17F3N4O. The molecule has 2 atom stereocenters. The molecule has 1 saturated carbocycles. The summed E-state index contributed by atoms with van der Waals surface area (Å²) in [6, 6.07) is 8.13. The average molecular weight is 386 g/mol. The molecule has 0 aliphatic heterocycles. The van der Waals surface area contributed by atoms with Crippen LogP contribution >= 0.6 is 0 Å². The lowest BCUT2D eigenvalue weighted by Gasteiger charge is -2.12. The van der Waals surface area contributed by atoms with E-state index in [0.29, 0.717) is 41.3 Å². The fourth-order valence-electron chi connectivity index (χ4n) is 3.05. The van der Waals surface area contributed by atoms with Gasteiger partial charge in [-0.05, 0) is 31.5 Å². The van der Waals surface area contributed by atoms with Crippen molar-refractivity contribution in [2.45, 2.75) is 25.4 Å². The number of hydrogen-bond donors (Lipinski definition) is 0. The predicted octanol–water partition coefficient (Wildman–Crippen LogP) is 4.44. The van der Waals surface area contributed by atoms with Crippen LogP contribution in [0.25, 0.3) is 11.1 Å². The molecule has 0 aromatic carbocycles. The van der Waals surface area contributed by atoms with Gasteiger partial charge in [0.15, 0.2) is 0 Å². The van der Waals surface area contributed by atoms with Gasteiger partial charge in [-0.1, -0.05) is 12.1 Å². The summed E-state index contributed by atoms with van der Waals surface area (Å²) in [7, 11) is 0. The highest BCUT2D eigenvalue weighted by Crippen LogP contribution is 2.46. The third-order valence-electron chi connectivity index (χ3n) is 4.66. The number of aromatic nitrogens is 4. The van der Waals surface area contributed by atoms with E-state index in [1.54, 1.807) is 19.3 Å². The summed E-state index contributed by atoms with van der Waals surface area (Å²) in [4.78, 5) is 16.3. The number of pyridine rings is 2. The Hall–Kier alpha value is -3.03. The summed E-state index contributed by atoms with van der Waals surface area (Å²) in [6.45, 7) is 2.19. The second-order valence-corrected chi connectivity index (χ2v) is 6.73. The van der Waals surface area contributed by atoms with E-state index in [-0.39, 0.29) is 0 Å². The molecular weight excluding hydrogens is 369 g/mol. The van der Waals surface area contributed by atoms with Crippen molar-refractivity contribution in [3.05, 3.63) is 66.1 Å². The minimum absolute atomic E-state index is 0.337. The topological polar surface area (TPSA) is 60.8 Å². The fraction of sp³-hybridized carbons (Fsp3) is 0.300. The van der Waals surface area contributed by atoms with Gasteiger partial charge in [-0.2, -0.15) is 18.2 Å². The number of rotatable bonds is 5. The third kappa shape index (κ3) is 3.95. The van der Waals surface area contributed by atoms with E-state index in [1.165, 1.54) is 6.07 Å². The summed E-state index contributed by atoms with van der Waals surface area (Å²) >= 11 is 0. The molecule has 144 valence electrons. The van der Waals surface area contributed by atoms with Gasteiger partial charge in [0.2, 0.25) is 5.88 Å². The van der Waals surface area contributed by atoms with Crippen LogP contribution in [0.1, 0.15) is 29.6 Å². The monoisotopic (exact) mass is 386 g/mol. The Morgan fingerprint density at radius 1 is 1.07 bits per heavy atom. The zero-order chi connectivity index (χ0) is 19.7. The molecule has 0 bridgehead atoms. The SMILES string of the molecule is Cc1ncc(-c2ccc(C(F)(F)F)nc2)c(OC[C@H]2C[C@@H]2c2ccccn2)n1. The van der Waals surface area contributed by atoms with E-state index in [4.69, 9.17) is 4.74 Å². The first kappa shape index (κ1) is 18.3. The molecule has 1 aliphatic rings. The van der Waals surface area contributed by atoms with Crippen molar-refractivity contribution >= 4 is 0 Å². The van der Waals surface area contributed by atoms with Crippen LogP contribution < -0.4 is 4.74 Å². The van der Waals surface area contributed by atoms with E-state index in [0.717, 1.165) is 24.4 Å². The molecule has 0 spiro atoms. The van der Waals surface area contributed by atoms with E-state index in [2.05, 4.69) is 19.9 Å². The van der Waals surface area contributed by atoms with Gasteiger partial charge in [-0.15, -0.1) is 0 Å². The molecule has 0 unspecified atom stereocenters. The van der Waals surface area contributed by atoms with Gasteiger partial charge in [0.1, 0.15) is 11.5 Å². The van der Waals surface area contributed by atoms with Crippen LogP contribution in [0.4, 0.5) is 13.2 Å². The molecule has 4 rings (SSSR count). The molecule has 28 heavy (non-hydrogen) atoms. The van der Waals surface area contributed by atoms with Crippen molar-refractivity contribution in [3.8, 4) is 17.0 Å². The summed E-state index contributed by atoms with van der Waals surface area (Å²) in [6.07, 6.45) is 0.990. The number of aryl methyl sites for hydroxylation is 1. The maximum atomic E-state index is 12.7. The first-order valence-corrected chi connectivity index (χ1v) is 8.83. The van der Waals surface area contributed by atoms with Gasteiger partial charge in [0.05, 0.1) is 12.2 Å². The first-order valence-electron chi connectivity index (χ1n) is 8.83. The Morgan fingerprint density at radius 3 is 2.61 bits per heavy atom. The Bertz CT molecular complexity index is 961. The summed E-state index contributed by atoms with van der Waals surface area (Å²) in [5.74, 6) is 1.57. The highest BCUT2D eigenvalue weighted by molar-refractivity contribution is 5.66. The summed E-state index contributed by atoms with van der Waals surface area (Å²) < 4.78 is 44.1. The number of nitrogens with zero attached hydrogens (tertiary/aromatic N) is 4. The van der Waals surface area contributed by atoms with Gasteiger partial charge in [0.25, 0.3) is 0 Å². The zero-order valence-corrected chi connectivity index (χ0v) is 15.0. The van der Waals surface area contributed by atoms with Gasteiger partial charge < -0.3 is 4.74 Å². The van der Waals surface area contributed by atoms with Crippen LogP contribution in [0.15, 0.2) is 48.9 Å². The minimum atomic E-state index is -4.48. The molecule has 3 aromatic heterocycles. The molecule has 0 radical (unpaired) electrons. The molecule has 0 saturated heterocycles. The Labute approximate surface area is 159 Å². The van der Waals surface area contributed by atoms with E-state index < -0.39 is 11.9 Å². The maximum absolute atomic E-state index is 12.7. The lowest BCUT2D eigenvalue weighted by molar-refractivity contribution is -0.141. The number of halogens is 3. The molecule has 1 aliphatic carbocycles. The van der Waals surface area contributed by atoms with Crippen LogP contribution in [-0.4, -0.2) is 26.5 Å². The molecule has 0 amide bonds. The molecule has 3 heterocycles. The van der Waals surface area contributed by atoms with Crippen LogP contribution in [0.5, 0.6) is 5.88 Å². The van der Waals surface area contributed by atoms with Gasteiger partial charge in [0, 0.05) is 41.7 Å². The van der Waals surface area contributed by atoms with Crippen molar-refractivity contribution < 1.29 is 17.9 Å². The zero-order valence-electron chi connectivity index (χ0n) is 15.0.